The molecule has 0 aliphatic heterocycles. The molecular weight excluding hydrogens is 705 g/mol. The highest BCUT2D eigenvalue weighted by Gasteiger charge is 2.23. The molecule has 0 fully saturated rings. The predicted octanol–water partition coefficient (Wildman–Crippen LogP) is 14.8. The normalized spacial score (nSPS) is 11.4. The molecule has 2 nitrogen and oxygen atoms in total. The molecule has 56 heavy (non-hydrogen) atoms. The molecule has 0 atom stereocenters. The highest BCUT2D eigenvalue weighted by molar-refractivity contribution is 5.80. The second-order valence-corrected chi connectivity index (χ2v) is 13.9. The molecule has 0 unspecified atom stereocenters. The van der Waals surface area contributed by atoms with Crippen molar-refractivity contribution < 1.29 is 17.6 Å². The van der Waals surface area contributed by atoms with E-state index >= 15 is 17.6 Å². The van der Waals surface area contributed by atoms with Gasteiger partial charge in [0, 0.05) is 34.1 Å². The lowest BCUT2D eigenvalue weighted by atomic mass is 10.0. The Bertz CT molecular complexity index is 2200. The van der Waals surface area contributed by atoms with Crippen LogP contribution in [0.15, 0.2) is 146 Å². The zero-order chi connectivity index (χ0) is 39.3. The van der Waals surface area contributed by atoms with Crippen LogP contribution >= 0.6 is 0 Å². The molecule has 0 heterocycles. The van der Waals surface area contributed by atoms with E-state index < -0.39 is 34.4 Å². The third-order valence-electron chi connectivity index (χ3n) is 9.69. The van der Waals surface area contributed by atoms with Gasteiger partial charge in [-0.05, 0) is 124 Å². The van der Waals surface area contributed by atoms with Crippen molar-refractivity contribution in [3.05, 3.63) is 213 Å². The molecule has 0 N–H and O–H groups in total. The van der Waals surface area contributed by atoms with Crippen molar-refractivity contribution in [2.75, 3.05) is 9.80 Å². The fourth-order valence-corrected chi connectivity index (χ4v) is 6.46. The van der Waals surface area contributed by atoms with Gasteiger partial charge < -0.3 is 9.80 Å². The molecule has 0 bridgehead atoms. The largest absolute Gasteiger partial charge is 0.311 e. The first-order valence-electron chi connectivity index (χ1n) is 18.3. The molecule has 7 aromatic carbocycles. The van der Waals surface area contributed by atoms with Gasteiger partial charge in [0.2, 0.25) is 0 Å². The summed E-state index contributed by atoms with van der Waals surface area (Å²) in [5.41, 5.74) is 9.75. The minimum atomic E-state index is -1.47. The summed E-state index contributed by atoms with van der Waals surface area (Å²) in [7, 11) is 0. The minimum Gasteiger partial charge on any atom is -0.311 e. The fraction of sp³-hybridized carbons (Fsp3) is 0.0800. The van der Waals surface area contributed by atoms with E-state index in [2.05, 4.69) is 9.80 Å². The molecule has 7 rings (SSSR count). The third-order valence-corrected chi connectivity index (χ3v) is 9.69. The van der Waals surface area contributed by atoms with Crippen LogP contribution in [0.4, 0.5) is 51.7 Å². The minimum absolute atomic E-state index is 0.594. The molecule has 7 aromatic rings. The van der Waals surface area contributed by atoms with Gasteiger partial charge in [-0.1, -0.05) is 107 Å². The molecule has 0 radical (unpaired) electrons. The van der Waals surface area contributed by atoms with Gasteiger partial charge in [-0.2, -0.15) is 0 Å². The van der Waals surface area contributed by atoms with Crippen LogP contribution in [-0.2, 0) is 0 Å². The molecule has 278 valence electrons. The van der Waals surface area contributed by atoms with E-state index in [1.807, 2.05) is 149 Å². The van der Waals surface area contributed by atoms with Crippen molar-refractivity contribution in [1.82, 2.24) is 0 Å². The SMILES string of the molecule is Cc1ccc(N(c2ccc(C)cc2)c2ccc(C=Cc3c(F)c(F)c(C=Cc4ccc(N(c5ccc(C)cc5)c5ccc(C)cc5)cc4)c(F)c3F)cc2)cc1. The maximum Gasteiger partial charge on any atom is 0.169 e. The molecule has 0 saturated heterocycles. The van der Waals surface area contributed by atoms with Gasteiger partial charge in [0.25, 0.3) is 0 Å². The first-order chi connectivity index (χ1) is 27.0. The summed E-state index contributed by atoms with van der Waals surface area (Å²) in [6, 6.07) is 47.4. The fourth-order valence-electron chi connectivity index (χ4n) is 6.46. The monoisotopic (exact) mass is 744 g/mol. The highest BCUT2D eigenvalue weighted by atomic mass is 19.2. The molecule has 0 aliphatic rings. The van der Waals surface area contributed by atoms with Gasteiger partial charge in [0.15, 0.2) is 23.3 Å². The topological polar surface area (TPSA) is 6.48 Å². The lowest BCUT2D eigenvalue weighted by Crippen LogP contribution is -2.09. The quantitative estimate of drug-likeness (QED) is 0.0782. The van der Waals surface area contributed by atoms with Crippen LogP contribution in [0.1, 0.15) is 44.5 Å². The maximum absolute atomic E-state index is 15.4. The van der Waals surface area contributed by atoms with Crippen LogP contribution < -0.4 is 9.80 Å². The highest BCUT2D eigenvalue weighted by Crippen LogP contribution is 2.37. The van der Waals surface area contributed by atoms with Gasteiger partial charge in [0.05, 0.1) is 11.1 Å². The molecule has 0 aliphatic carbocycles. The zero-order valence-corrected chi connectivity index (χ0v) is 31.6. The predicted molar refractivity (Wildman–Crippen MR) is 225 cm³/mol. The van der Waals surface area contributed by atoms with Crippen molar-refractivity contribution in [3.8, 4) is 0 Å². The lowest BCUT2D eigenvalue weighted by molar-refractivity contribution is 0.448. The Morgan fingerprint density at radius 2 is 0.482 bits per heavy atom. The number of anilines is 6. The molecule has 6 heteroatoms. The van der Waals surface area contributed by atoms with Crippen LogP contribution in [-0.4, -0.2) is 0 Å². The van der Waals surface area contributed by atoms with Crippen LogP contribution in [0, 0.1) is 51.0 Å². The van der Waals surface area contributed by atoms with E-state index in [4.69, 9.17) is 0 Å². The van der Waals surface area contributed by atoms with Gasteiger partial charge >= 0.3 is 0 Å². The number of halogens is 4. The first kappa shape index (κ1) is 37.6. The Hall–Kier alpha value is -6.66. The summed E-state index contributed by atoms with van der Waals surface area (Å²) in [5.74, 6) is -5.88. The van der Waals surface area contributed by atoms with Crippen LogP contribution in [0.3, 0.4) is 0 Å². The van der Waals surface area contributed by atoms with E-state index in [1.165, 1.54) is 12.2 Å². The van der Waals surface area contributed by atoms with Crippen LogP contribution in [0.2, 0.25) is 0 Å². The average molecular weight is 745 g/mol. The van der Waals surface area contributed by atoms with Crippen LogP contribution in [0.25, 0.3) is 24.3 Å². The van der Waals surface area contributed by atoms with Gasteiger partial charge in [-0.3, -0.25) is 0 Å². The molecular formula is C50H40F4N2. The summed E-state index contributed by atoms with van der Waals surface area (Å²) in [6.45, 7) is 8.12. The number of benzene rings is 7. The molecule has 0 spiro atoms. The standard InChI is InChI=1S/C50H40F4N2/c1-33-5-19-39(20-6-33)55(40-21-7-34(2)8-22-40)43-27-13-37(14-28-43)17-31-45-47(51)49(53)46(50(54)48(45)52)32-18-38-15-29-44(30-16-38)56(41-23-9-35(3)10-24-41)42-25-11-36(4)12-26-42/h5-32H,1-4H3. The van der Waals surface area contributed by atoms with Gasteiger partial charge in [-0.15, -0.1) is 0 Å². The van der Waals surface area contributed by atoms with Gasteiger partial charge in [0.1, 0.15) is 0 Å². The van der Waals surface area contributed by atoms with Crippen molar-refractivity contribution in [2.45, 2.75) is 27.7 Å². The molecule has 0 aromatic heterocycles. The summed E-state index contributed by atoms with van der Waals surface area (Å²) in [4.78, 5) is 4.20. The second kappa shape index (κ2) is 16.4. The van der Waals surface area contributed by atoms with Crippen molar-refractivity contribution in [2.24, 2.45) is 0 Å². The molecule has 0 saturated carbocycles. The summed E-state index contributed by atoms with van der Waals surface area (Å²) in [5, 5.41) is 0. The second-order valence-electron chi connectivity index (χ2n) is 13.9. The zero-order valence-electron chi connectivity index (χ0n) is 31.6. The summed E-state index contributed by atoms with van der Waals surface area (Å²) < 4.78 is 61.5. The number of hydrogen-bond acceptors (Lipinski definition) is 2. The van der Waals surface area contributed by atoms with E-state index in [9.17, 15) is 0 Å². The van der Waals surface area contributed by atoms with E-state index in [-0.39, 0.29) is 0 Å². The number of hydrogen-bond donors (Lipinski definition) is 0. The number of rotatable bonds is 10. The smallest absolute Gasteiger partial charge is 0.169 e. The Morgan fingerprint density at radius 3 is 0.696 bits per heavy atom. The van der Waals surface area contributed by atoms with Crippen molar-refractivity contribution in [1.29, 1.82) is 0 Å². The van der Waals surface area contributed by atoms with E-state index in [0.717, 1.165) is 68.5 Å². The maximum atomic E-state index is 15.4. The van der Waals surface area contributed by atoms with Gasteiger partial charge in [-0.25, -0.2) is 17.6 Å². The third kappa shape index (κ3) is 8.20. The first-order valence-corrected chi connectivity index (χ1v) is 18.3. The van der Waals surface area contributed by atoms with Crippen molar-refractivity contribution in [3.63, 3.8) is 0 Å². The summed E-state index contributed by atoms with van der Waals surface area (Å²) in [6.07, 6.45) is 4.98. The van der Waals surface area contributed by atoms with E-state index in [0.29, 0.717) is 11.1 Å². The Morgan fingerprint density at radius 1 is 0.286 bits per heavy atom. The Balaban J connectivity index is 1.11. The van der Waals surface area contributed by atoms with Crippen molar-refractivity contribution >= 4 is 58.4 Å². The number of aryl methyl sites for hydroxylation is 4. The van der Waals surface area contributed by atoms with Crippen LogP contribution in [0.5, 0.6) is 0 Å². The average Bonchev–Trinajstić information content (AvgIpc) is 3.21. The Kier molecular flexibility index (Phi) is 11.0. The lowest BCUT2D eigenvalue weighted by Gasteiger charge is -2.26. The number of nitrogens with zero attached hydrogens (tertiary/aromatic N) is 2. The van der Waals surface area contributed by atoms with E-state index in [1.54, 1.807) is 24.3 Å². The Labute approximate surface area is 325 Å². The molecule has 0 amide bonds. The summed E-state index contributed by atoms with van der Waals surface area (Å²) >= 11 is 0.